The molecular weight excluding hydrogens is 314 g/mol. The Bertz CT molecular complexity index is 823. The van der Waals surface area contributed by atoms with Crippen molar-refractivity contribution in [3.63, 3.8) is 0 Å². The van der Waals surface area contributed by atoms with Gasteiger partial charge in [-0.2, -0.15) is 0 Å². The molecule has 0 amide bonds. The van der Waals surface area contributed by atoms with E-state index in [1.165, 1.54) is 0 Å². The maximum absolute atomic E-state index is 12.8. The van der Waals surface area contributed by atoms with Crippen LogP contribution in [0.2, 0.25) is 0 Å². The highest BCUT2D eigenvalue weighted by Crippen LogP contribution is 2.33. The van der Waals surface area contributed by atoms with Gasteiger partial charge in [0.15, 0.2) is 11.5 Å². The number of fused-ring (bicyclic) bond motifs is 1. The van der Waals surface area contributed by atoms with Crippen LogP contribution in [0.1, 0.15) is 28.4 Å². The van der Waals surface area contributed by atoms with Crippen LogP contribution in [0.5, 0.6) is 11.5 Å². The van der Waals surface area contributed by atoms with Crippen molar-refractivity contribution in [2.24, 2.45) is 4.99 Å². The summed E-state index contributed by atoms with van der Waals surface area (Å²) >= 11 is 0. The molecule has 0 spiro atoms. The normalized spacial score (nSPS) is 13.3. The highest BCUT2D eigenvalue weighted by atomic mass is 16.5. The highest BCUT2D eigenvalue weighted by molar-refractivity contribution is 6.51. The Labute approximate surface area is 147 Å². The first-order chi connectivity index (χ1) is 12.2. The van der Waals surface area contributed by atoms with Gasteiger partial charge in [-0.1, -0.05) is 42.5 Å². The van der Waals surface area contributed by atoms with Crippen molar-refractivity contribution in [1.82, 2.24) is 0 Å². The van der Waals surface area contributed by atoms with E-state index in [4.69, 9.17) is 9.47 Å². The second kappa shape index (κ2) is 7.79. The number of ether oxygens (including phenoxy) is 2. The Balaban J connectivity index is 1.97. The third-order valence-corrected chi connectivity index (χ3v) is 4.12. The molecule has 0 bridgehead atoms. The van der Waals surface area contributed by atoms with E-state index in [0.29, 0.717) is 35.9 Å². The summed E-state index contributed by atoms with van der Waals surface area (Å²) in [5, 5.41) is 0. The van der Waals surface area contributed by atoms with Gasteiger partial charge in [0.25, 0.3) is 0 Å². The first-order valence-electron chi connectivity index (χ1n) is 8.34. The molecule has 0 N–H and O–H groups in total. The number of hydrogen-bond acceptors (Lipinski definition) is 4. The summed E-state index contributed by atoms with van der Waals surface area (Å²) in [5.74, 6) is 1.23. The maximum Gasteiger partial charge on any atom is 0.211 e. The number of aliphatic imine (C=N–C) groups is 1. The van der Waals surface area contributed by atoms with Crippen LogP contribution in [0.4, 0.5) is 0 Å². The van der Waals surface area contributed by atoms with Crippen LogP contribution >= 0.6 is 0 Å². The number of benzene rings is 2. The number of allylic oxidation sites excluding steroid dienone is 1. The standard InChI is InChI=1S/C21H21NO3/c1-3-4-12-25-19-13-16-10-11-22-20(17(16)14-18(19)24-2)21(23)15-8-6-5-7-9-15/h3-9,13-14H,10-12H2,1-2H3/b4-3+. The van der Waals surface area contributed by atoms with Crippen molar-refractivity contribution < 1.29 is 14.3 Å². The summed E-state index contributed by atoms with van der Waals surface area (Å²) in [4.78, 5) is 17.3. The van der Waals surface area contributed by atoms with E-state index in [0.717, 1.165) is 17.5 Å². The minimum atomic E-state index is -0.0637. The van der Waals surface area contributed by atoms with Gasteiger partial charge in [-0.3, -0.25) is 9.79 Å². The van der Waals surface area contributed by atoms with E-state index in [2.05, 4.69) is 4.99 Å². The fourth-order valence-corrected chi connectivity index (χ4v) is 2.83. The summed E-state index contributed by atoms with van der Waals surface area (Å²) in [7, 11) is 1.60. The Kier molecular flexibility index (Phi) is 5.29. The molecule has 128 valence electrons. The Morgan fingerprint density at radius 3 is 2.72 bits per heavy atom. The van der Waals surface area contributed by atoms with Crippen LogP contribution in [0.3, 0.4) is 0 Å². The van der Waals surface area contributed by atoms with Gasteiger partial charge in [0.2, 0.25) is 5.78 Å². The minimum Gasteiger partial charge on any atom is -0.493 e. The van der Waals surface area contributed by atoms with Crippen molar-refractivity contribution in [3.8, 4) is 11.5 Å². The second-order valence-electron chi connectivity index (χ2n) is 5.72. The lowest BCUT2D eigenvalue weighted by atomic mass is 9.92. The summed E-state index contributed by atoms with van der Waals surface area (Å²) in [6.45, 7) is 3.03. The lowest BCUT2D eigenvalue weighted by Gasteiger charge is -2.19. The van der Waals surface area contributed by atoms with Crippen molar-refractivity contribution in [2.45, 2.75) is 13.3 Å². The van der Waals surface area contributed by atoms with Crippen molar-refractivity contribution in [1.29, 1.82) is 0 Å². The zero-order chi connectivity index (χ0) is 17.6. The van der Waals surface area contributed by atoms with Crippen molar-refractivity contribution in [2.75, 3.05) is 20.3 Å². The van der Waals surface area contributed by atoms with E-state index in [1.54, 1.807) is 7.11 Å². The van der Waals surface area contributed by atoms with E-state index in [9.17, 15) is 4.79 Å². The summed E-state index contributed by atoms with van der Waals surface area (Å²) in [6.07, 6.45) is 4.66. The molecule has 0 aliphatic carbocycles. The lowest BCUT2D eigenvalue weighted by molar-refractivity contribution is 0.106. The van der Waals surface area contributed by atoms with Gasteiger partial charge in [-0.05, 0) is 31.0 Å². The van der Waals surface area contributed by atoms with Crippen LogP contribution in [-0.4, -0.2) is 31.8 Å². The highest BCUT2D eigenvalue weighted by Gasteiger charge is 2.24. The third kappa shape index (κ3) is 3.63. The number of Topliss-reactive ketones (excluding diaryl/α,β-unsaturated/α-hetero) is 1. The predicted molar refractivity (Wildman–Crippen MR) is 99.2 cm³/mol. The topological polar surface area (TPSA) is 47.9 Å². The zero-order valence-electron chi connectivity index (χ0n) is 14.5. The zero-order valence-corrected chi connectivity index (χ0v) is 14.5. The molecule has 0 fully saturated rings. The Morgan fingerprint density at radius 2 is 2.00 bits per heavy atom. The first kappa shape index (κ1) is 17.0. The number of methoxy groups -OCH3 is 1. The molecule has 0 aromatic heterocycles. The number of carbonyl (C=O) groups excluding carboxylic acids is 1. The molecule has 4 nitrogen and oxygen atoms in total. The molecule has 1 aliphatic heterocycles. The van der Waals surface area contributed by atoms with Crippen LogP contribution in [-0.2, 0) is 6.42 Å². The quantitative estimate of drug-likeness (QED) is 0.594. The smallest absolute Gasteiger partial charge is 0.211 e. The van der Waals surface area contributed by atoms with Crippen LogP contribution in [0.15, 0.2) is 59.6 Å². The SMILES string of the molecule is C/C=C/COc1cc2c(cc1OC)C(C(=O)c1ccccc1)=NCC2. The van der Waals surface area contributed by atoms with E-state index in [1.807, 2.05) is 61.5 Å². The molecule has 0 saturated heterocycles. The first-order valence-corrected chi connectivity index (χ1v) is 8.34. The molecule has 0 radical (unpaired) electrons. The molecule has 1 aliphatic rings. The number of nitrogens with zero attached hydrogens (tertiary/aromatic N) is 1. The van der Waals surface area contributed by atoms with Crippen molar-refractivity contribution >= 4 is 11.5 Å². The van der Waals surface area contributed by atoms with Gasteiger partial charge in [0, 0.05) is 17.7 Å². The Morgan fingerprint density at radius 1 is 1.20 bits per heavy atom. The number of hydrogen-bond donors (Lipinski definition) is 0. The summed E-state index contributed by atoms with van der Waals surface area (Å²) in [6, 6.07) is 13.1. The molecule has 1 heterocycles. The van der Waals surface area contributed by atoms with Crippen LogP contribution in [0.25, 0.3) is 0 Å². The fraction of sp³-hybridized carbons (Fsp3) is 0.238. The maximum atomic E-state index is 12.8. The van der Waals surface area contributed by atoms with Crippen molar-refractivity contribution in [3.05, 3.63) is 71.3 Å². The molecule has 0 saturated carbocycles. The monoisotopic (exact) mass is 335 g/mol. The van der Waals surface area contributed by atoms with E-state index >= 15 is 0 Å². The number of ketones is 1. The fourth-order valence-electron chi connectivity index (χ4n) is 2.83. The number of carbonyl (C=O) groups is 1. The average molecular weight is 335 g/mol. The molecule has 0 unspecified atom stereocenters. The average Bonchev–Trinajstić information content (AvgIpc) is 2.67. The molecule has 0 atom stereocenters. The molecule has 2 aromatic carbocycles. The largest absolute Gasteiger partial charge is 0.493 e. The van der Waals surface area contributed by atoms with Gasteiger partial charge in [-0.15, -0.1) is 0 Å². The molecule has 3 rings (SSSR count). The van der Waals surface area contributed by atoms with Gasteiger partial charge >= 0.3 is 0 Å². The molecule has 4 heteroatoms. The van der Waals surface area contributed by atoms with Gasteiger partial charge in [-0.25, -0.2) is 0 Å². The molecule has 2 aromatic rings. The summed E-state index contributed by atoms with van der Waals surface area (Å²) in [5.41, 5.74) is 3.02. The van der Waals surface area contributed by atoms with E-state index < -0.39 is 0 Å². The van der Waals surface area contributed by atoms with Crippen LogP contribution in [0, 0.1) is 0 Å². The summed E-state index contributed by atoms with van der Waals surface area (Å²) < 4.78 is 11.2. The van der Waals surface area contributed by atoms with Crippen LogP contribution < -0.4 is 9.47 Å². The lowest BCUT2D eigenvalue weighted by Crippen LogP contribution is -2.22. The molecule has 25 heavy (non-hydrogen) atoms. The predicted octanol–water partition coefficient (Wildman–Crippen LogP) is 3.88. The Hall–Kier alpha value is -2.88. The molecular formula is C21H21NO3. The van der Waals surface area contributed by atoms with E-state index in [-0.39, 0.29) is 5.78 Å². The minimum absolute atomic E-state index is 0.0637. The second-order valence-corrected chi connectivity index (χ2v) is 5.72. The van der Waals surface area contributed by atoms with Gasteiger partial charge in [0.1, 0.15) is 12.3 Å². The van der Waals surface area contributed by atoms with Gasteiger partial charge < -0.3 is 9.47 Å². The van der Waals surface area contributed by atoms with Gasteiger partial charge in [0.05, 0.1) is 7.11 Å². The third-order valence-electron chi connectivity index (χ3n) is 4.12. The number of rotatable bonds is 6.